The zero-order valence-electron chi connectivity index (χ0n) is 13.4. The van der Waals surface area contributed by atoms with Crippen LogP contribution in [-0.2, 0) is 4.79 Å². The quantitative estimate of drug-likeness (QED) is 0.618. The lowest BCUT2D eigenvalue weighted by atomic mass is 10.1. The largest absolute Gasteiger partial charge is 0.494 e. The molecular formula is C19H17ClN2O3. The Kier molecular flexibility index (Phi) is 5.69. The first-order chi connectivity index (χ1) is 12.2. The molecule has 3 aromatic rings. The zero-order chi connectivity index (χ0) is 17.5. The lowest BCUT2D eigenvalue weighted by molar-refractivity contribution is -0.116. The van der Waals surface area contributed by atoms with Crippen molar-refractivity contribution in [3.05, 3.63) is 65.8 Å². The van der Waals surface area contributed by atoms with E-state index in [1.165, 1.54) is 0 Å². The molecule has 0 aliphatic heterocycles. The van der Waals surface area contributed by atoms with E-state index in [4.69, 9.17) is 20.9 Å². The number of anilines is 1. The van der Waals surface area contributed by atoms with Gasteiger partial charge in [0.15, 0.2) is 0 Å². The highest BCUT2D eigenvalue weighted by molar-refractivity contribution is 6.30. The van der Waals surface area contributed by atoms with E-state index in [9.17, 15) is 4.79 Å². The Balaban J connectivity index is 1.50. The lowest BCUT2D eigenvalue weighted by Gasteiger charge is -2.06. The lowest BCUT2D eigenvalue weighted by Crippen LogP contribution is -2.12. The van der Waals surface area contributed by atoms with E-state index >= 15 is 0 Å². The molecule has 0 spiro atoms. The standard InChI is InChI=1S/C19H17ClN2O3/c20-15-10-8-14(9-11-15)17-13-21-25-19(17)22-18(23)7-4-12-24-16-5-2-1-3-6-16/h1-3,5-6,8-11,13H,4,7,12H2,(H,22,23). The number of halogens is 1. The molecule has 6 heteroatoms. The van der Waals surface area contributed by atoms with Crippen LogP contribution in [0, 0.1) is 0 Å². The van der Waals surface area contributed by atoms with Crippen molar-refractivity contribution in [2.24, 2.45) is 0 Å². The number of ether oxygens (including phenoxy) is 1. The van der Waals surface area contributed by atoms with Gasteiger partial charge in [0.1, 0.15) is 5.75 Å². The third-order valence-corrected chi connectivity index (χ3v) is 3.79. The molecule has 2 aromatic carbocycles. The molecule has 0 bridgehead atoms. The molecule has 0 fully saturated rings. The Morgan fingerprint density at radius 2 is 1.88 bits per heavy atom. The van der Waals surface area contributed by atoms with Gasteiger partial charge >= 0.3 is 0 Å². The number of carbonyl (C=O) groups is 1. The molecule has 0 aliphatic rings. The van der Waals surface area contributed by atoms with Crippen molar-refractivity contribution >= 4 is 23.4 Å². The fraction of sp³-hybridized carbons (Fsp3) is 0.158. The van der Waals surface area contributed by atoms with Gasteiger partial charge < -0.3 is 9.26 Å². The molecule has 0 saturated heterocycles. The third kappa shape index (κ3) is 4.84. The van der Waals surface area contributed by atoms with Gasteiger partial charge in [-0.25, -0.2) is 0 Å². The average Bonchev–Trinajstić information content (AvgIpc) is 3.08. The van der Waals surface area contributed by atoms with Gasteiger partial charge in [-0.1, -0.05) is 47.1 Å². The van der Waals surface area contributed by atoms with Crippen molar-refractivity contribution in [1.29, 1.82) is 0 Å². The van der Waals surface area contributed by atoms with Gasteiger partial charge in [0.25, 0.3) is 0 Å². The van der Waals surface area contributed by atoms with E-state index in [0.29, 0.717) is 35.9 Å². The highest BCUT2D eigenvalue weighted by Crippen LogP contribution is 2.28. The second-order valence-corrected chi connectivity index (χ2v) is 5.83. The van der Waals surface area contributed by atoms with Gasteiger partial charge in [-0.2, -0.15) is 0 Å². The Labute approximate surface area is 150 Å². The van der Waals surface area contributed by atoms with Gasteiger partial charge in [0, 0.05) is 11.4 Å². The highest BCUT2D eigenvalue weighted by atomic mass is 35.5. The number of carbonyl (C=O) groups excluding carboxylic acids is 1. The average molecular weight is 357 g/mol. The van der Waals surface area contributed by atoms with E-state index in [1.807, 2.05) is 42.5 Å². The van der Waals surface area contributed by atoms with Crippen molar-refractivity contribution in [2.45, 2.75) is 12.8 Å². The summed E-state index contributed by atoms with van der Waals surface area (Å²) in [5.74, 6) is 0.975. The van der Waals surface area contributed by atoms with E-state index in [2.05, 4.69) is 10.5 Å². The molecule has 1 amide bonds. The SMILES string of the molecule is O=C(CCCOc1ccccc1)Nc1oncc1-c1ccc(Cl)cc1. The minimum Gasteiger partial charge on any atom is -0.494 e. The topological polar surface area (TPSA) is 64.4 Å². The molecule has 1 heterocycles. The van der Waals surface area contributed by atoms with Crippen LogP contribution in [-0.4, -0.2) is 17.7 Å². The summed E-state index contributed by atoms with van der Waals surface area (Å²) in [5.41, 5.74) is 1.58. The normalized spacial score (nSPS) is 10.4. The second-order valence-electron chi connectivity index (χ2n) is 5.39. The van der Waals surface area contributed by atoms with Gasteiger partial charge in [-0.15, -0.1) is 0 Å². The van der Waals surface area contributed by atoms with Crippen molar-refractivity contribution in [3.63, 3.8) is 0 Å². The first-order valence-electron chi connectivity index (χ1n) is 7.91. The van der Waals surface area contributed by atoms with Crippen molar-refractivity contribution in [3.8, 4) is 16.9 Å². The van der Waals surface area contributed by atoms with Crippen LogP contribution in [0.5, 0.6) is 5.75 Å². The summed E-state index contributed by atoms with van der Waals surface area (Å²) >= 11 is 5.89. The van der Waals surface area contributed by atoms with Crippen LogP contribution < -0.4 is 10.1 Å². The Hall–Kier alpha value is -2.79. The van der Waals surface area contributed by atoms with Crippen LogP contribution in [0.2, 0.25) is 5.02 Å². The first-order valence-corrected chi connectivity index (χ1v) is 8.28. The Morgan fingerprint density at radius 3 is 2.64 bits per heavy atom. The van der Waals surface area contributed by atoms with Crippen LogP contribution in [0.15, 0.2) is 65.3 Å². The molecule has 0 saturated carbocycles. The summed E-state index contributed by atoms with van der Waals surface area (Å²) < 4.78 is 10.7. The number of nitrogens with zero attached hydrogens (tertiary/aromatic N) is 1. The smallest absolute Gasteiger partial charge is 0.239 e. The number of hydrogen-bond acceptors (Lipinski definition) is 4. The van der Waals surface area contributed by atoms with Crippen LogP contribution in [0.1, 0.15) is 12.8 Å². The van der Waals surface area contributed by atoms with E-state index in [1.54, 1.807) is 18.3 Å². The third-order valence-electron chi connectivity index (χ3n) is 3.54. The van der Waals surface area contributed by atoms with Crippen molar-refractivity contribution < 1.29 is 14.1 Å². The minimum absolute atomic E-state index is 0.149. The molecule has 1 N–H and O–H groups in total. The molecule has 25 heavy (non-hydrogen) atoms. The highest BCUT2D eigenvalue weighted by Gasteiger charge is 2.13. The van der Waals surface area contributed by atoms with Gasteiger partial charge in [0.05, 0.1) is 18.4 Å². The number of amides is 1. The summed E-state index contributed by atoms with van der Waals surface area (Å²) in [6.07, 6.45) is 2.50. The van der Waals surface area contributed by atoms with E-state index < -0.39 is 0 Å². The molecule has 0 radical (unpaired) electrons. The number of benzene rings is 2. The summed E-state index contributed by atoms with van der Waals surface area (Å²) in [5, 5.41) is 7.15. The zero-order valence-corrected chi connectivity index (χ0v) is 14.2. The predicted octanol–water partition coefficient (Wildman–Crippen LogP) is 4.79. The van der Waals surface area contributed by atoms with Crippen LogP contribution in [0.3, 0.4) is 0 Å². The molecular weight excluding hydrogens is 340 g/mol. The van der Waals surface area contributed by atoms with Gasteiger partial charge in [-0.3, -0.25) is 10.1 Å². The van der Waals surface area contributed by atoms with E-state index in [-0.39, 0.29) is 5.91 Å². The minimum atomic E-state index is -0.149. The maximum Gasteiger partial charge on any atom is 0.239 e. The van der Waals surface area contributed by atoms with Crippen molar-refractivity contribution in [1.82, 2.24) is 5.16 Å². The van der Waals surface area contributed by atoms with Crippen LogP contribution in [0.25, 0.3) is 11.1 Å². The summed E-state index contributed by atoms with van der Waals surface area (Å²) in [7, 11) is 0. The molecule has 5 nitrogen and oxygen atoms in total. The van der Waals surface area contributed by atoms with Crippen LogP contribution >= 0.6 is 11.6 Å². The fourth-order valence-electron chi connectivity index (χ4n) is 2.29. The maximum absolute atomic E-state index is 12.1. The van der Waals surface area contributed by atoms with Gasteiger partial charge in [0.2, 0.25) is 11.8 Å². The number of nitrogens with one attached hydrogen (secondary N) is 1. The molecule has 0 aliphatic carbocycles. The van der Waals surface area contributed by atoms with E-state index in [0.717, 1.165) is 11.3 Å². The molecule has 3 rings (SSSR count). The number of para-hydroxylation sites is 1. The molecule has 1 aromatic heterocycles. The summed E-state index contributed by atoms with van der Waals surface area (Å²) in [4.78, 5) is 12.1. The van der Waals surface area contributed by atoms with Crippen LogP contribution in [0.4, 0.5) is 5.88 Å². The second kappa shape index (κ2) is 8.35. The van der Waals surface area contributed by atoms with Crippen molar-refractivity contribution in [2.75, 3.05) is 11.9 Å². The predicted molar refractivity (Wildman–Crippen MR) is 96.7 cm³/mol. The number of rotatable bonds is 7. The first kappa shape index (κ1) is 17.0. The number of hydrogen-bond donors (Lipinski definition) is 1. The monoisotopic (exact) mass is 356 g/mol. The maximum atomic E-state index is 12.1. The summed E-state index contributed by atoms with van der Waals surface area (Å²) in [6.45, 7) is 0.470. The Morgan fingerprint density at radius 1 is 1.12 bits per heavy atom. The Bertz CT molecular complexity index is 816. The summed E-state index contributed by atoms with van der Waals surface area (Å²) in [6, 6.07) is 16.7. The molecule has 0 atom stereocenters. The van der Waals surface area contributed by atoms with Gasteiger partial charge in [-0.05, 0) is 36.2 Å². The fourth-order valence-corrected chi connectivity index (χ4v) is 2.42. The molecule has 128 valence electrons. The number of aromatic nitrogens is 1. The molecule has 0 unspecified atom stereocenters.